The third-order valence-electron chi connectivity index (χ3n) is 3.50. The molecule has 1 aromatic rings. The van der Waals surface area contributed by atoms with Gasteiger partial charge in [0.15, 0.2) is 9.84 Å². The van der Waals surface area contributed by atoms with Crippen LogP contribution < -0.4 is 10.0 Å². The van der Waals surface area contributed by atoms with Gasteiger partial charge in [-0.3, -0.25) is 0 Å². The Labute approximate surface area is 143 Å². The topological polar surface area (TPSA) is 92.3 Å². The lowest BCUT2D eigenvalue weighted by Gasteiger charge is -2.15. The van der Waals surface area contributed by atoms with E-state index in [1.165, 1.54) is 31.2 Å². The summed E-state index contributed by atoms with van der Waals surface area (Å²) in [6.07, 6.45) is 2.76. The molecule has 1 aliphatic rings. The van der Waals surface area contributed by atoms with Gasteiger partial charge in [0.1, 0.15) is 0 Å². The quantitative estimate of drug-likeness (QED) is 0.721. The predicted molar refractivity (Wildman–Crippen MR) is 92.2 cm³/mol. The summed E-state index contributed by atoms with van der Waals surface area (Å²) in [5.74, 6) is -0.0657. The Morgan fingerprint density at radius 1 is 1.17 bits per heavy atom. The Kier molecular flexibility index (Phi) is 7.22. The molecule has 9 heteroatoms. The lowest BCUT2D eigenvalue weighted by atomic mass is 10.1. The predicted octanol–water partition coefficient (Wildman–Crippen LogP) is 1.10. The first-order valence-electron chi connectivity index (χ1n) is 7.06. The number of hydrogen-bond donors (Lipinski definition) is 2. The number of benzene rings is 1. The third-order valence-corrected chi connectivity index (χ3v) is 6.63. The Hall–Kier alpha value is -0.930. The lowest BCUT2D eigenvalue weighted by Crippen LogP contribution is -2.29. The van der Waals surface area contributed by atoms with Crippen LogP contribution in [0.4, 0.5) is 0 Å². The Balaban J connectivity index is 0.00000264. The van der Waals surface area contributed by atoms with E-state index in [4.69, 9.17) is 0 Å². The minimum atomic E-state index is -3.73. The van der Waals surface area contributed by atoms with Crippen molar-refractivity contribution < 1.29 is 16.8 Å². The van der Waals surface area contributed by atoms with Crippen molar-refractivity contribution in [1.82, 2.24) is 10.0 Å². The van der Waals surface area contributed by atoms with Gasteiger partial charge in [-0.05, 0) is 31.2 Å². The highest BCUT2D eigenvalue weighted by atomic mass is 35.5. The van der Waals surface area contributed by atoms with Crippen molar-refractivity contribution in [2.75, 3.05) is 25.4 Å². The maximum atomic E-state index is 12.3. The van der Waals surface area contributed by atoms with Crippen LogP contribution in [0.1, 0.15) is 13.3 Å². The van der Waals surface area contributed by atoms with E-state index in [1.807, 2.05) is 6.08 Å². The monoisotopic (exact) mass is 380 g/mol. The Morgan fingerprint density at radius 2 is 1.87 bits per heavy atom. The van der Waals surface area contributed by atoms with E-state index in [0.717, 1.165) is 25.1 Å². The van der Waals surface area contributed by atoms with Crippen LogP contribution in [-0.2, 0) is 19.9 Å². The van der Waals surface area contributed by atoms with Gasteiger partial charge in [0.2, 0.25) is 10.0 Å². The number of nitrogens with one attached hydrogen (secondary N) is 2. The van der Waals surface area contributed by atoms with Crippen LogP contribution in [-0.4, -0.2) is 42.2 Å². The molecule has 1 aliphatic heterocycles. The second kappa shape index (κ2) is 8.25. The van der Waals surface area contributed by atoms with E-state index in [-0.39, 0.29) is 34.5 Å². The number of rotatable bonds is 6. The van der Waals surface area contributed by atoms with Crippen molar-refractivity contribution in [2.45, 2.75) is 23.1 Å². The first-order valence-corrected chi connectivity index (χ1v) is 10.2. The van der Waals surface area contributed by atoms with Crippen LogP contribution in [0.3, 0.4) is 0 Å². The molecule has 1 heterocycles. The maximum absolute atomic E-state index is 12.3. The summed E-state index contributed by atoms with van der Waals surface area (Å²) < 4.78 is 50.8. The molecule has 23 heavy (non-hydrogen) atoms. The largest absolute Gasteiger partial charge is 0.313 e. The molecule has 0 radical (unpaired) electrons. The molecule has 0 spiro atoms. The van der Waals surface area contributed by atoms with Crippen LogP contribution >= 0.6 is 12.4 Å². The molecule has 0 unspecified atom stereocenters. The van der Waals surface area contributed by atoms with Gasteiger partial charge in [0.25, 0.3) is 0 Å². The SMILES string of the molecule is CCS(=O)(=O)c1cccc(S(=O)(=O)NCC2=CCNCC2)c1.Cl. The van der Waals surface area contributed by atoms with Gasteiger partial charge in [-0.1, -0.05) is 24.6 Å². The van der Waals surface area contributed by atoms with Crippen LogP contribution in [0.2, 0.25) is 0 Å². The smallest absolute Gasteiger partial charge is 0.240 e. The molecular weight excluding hydrogens is 360 g/mol. The van der Waals surface area contributed by atoms with Crippen LogP contribution in [0.5, 0.6) is 0 Å². The molecule has 0 saturated carbocycles. The van der Waals surface area contributed by atoms with Crippen molar-refractivity contribution in [3.05, 3.63) is 35.9 Å². The molecule has 0 fully saturated rings. The highest BCUT2D eigenvalue weighted by Crippen LogP contribution is 2.17. The molecule has 0 atom stereocenters. The fraction of sp³-hybridized carbons (Fsp3) is 0.429. The maximum Gasteiger partial charge on any atom is 0.240 e. The first kappa shape index (κ1) is 20.1. The van der Waals surface area contributed by atoms with Crippen LogP contribution in [0, 0.1) is 0 Å². The minimum Gasteiger partial charge on any atom is -0.313 e. The second-order valence-corrected chi connectivity index (χ2v) is 9.06. The summed E-state index contributed by atoms with van der Waals surface area (Å²) in [6, 6.07) is 5.46. The zero-order chi connectivity index (χ0) is 16.2. The zero-order valence-corrected chi connectivity index (χ0v) is 15.2. The van der Waals surface area contributed by atoms with Gasteiger partial charge in [-0.2, -0.15) is 0 Å². The van der Waals surface area contributed by atoms with Gasteiger partial charge < -0.3 is 5.32 Å². The van der Waals surface area contributed by atoms with Crippen molar-refractivity contribution in [1.29, 1.82) is 0 Å². The first-order chi connectivity index (χ1) is 10.3. The summed E-state index contributed by atoms with van der Waals surface area (Å²) in [5.41, 5.74) is 1.03. The summed E-state index contributed by atoms with van der Waals surface area (Å²) in [7, 11) is -7.15. The third kappa shape index (κ3) is 5.29. The summed E-state index contributed by atoms with van der Waals surface area (Å²) in [4.78, 5) is -0.00415. The zero-order valence-electron chi connectivity index (χ0n) is 12.8. The Bertz CT molecular complexity index is 774. The second-order valence-electron chi connectivity index (χ2n) is 5.02. The lowest BCUT2D eigenvalue weighted by molar-refractivity contribution is 0.582. The number of halogens is 1. The standard InChI is InChI=1S/C14H20N2O4S2.ClH/c1-2-21(17,18)13-4-3-5-14(10-13)22(19,20)16-11-12-6-8-15-9-7-12;/h3-6,10,15-16H,2,7-9,11H2,1H3;1H. The van der Waals surface area contributed by atoms with Crippen molar-refractivity contribution in [3.8, 4) is 0 Å². The molecule has 130 valence electrons. The average Bonchev–Trinajstić information content (AvgIpc) is 2.54. The highest BCUT2D eigenvalue weighted by Gasteiger charge is 2.18. The number of hydrogen-bond acceptors (Lipinski definition) is 5. The highest BCUT2D eigenvalue weighted by molar-refractivity contribution is 7.91. The van der Waals surface area contributed by atoms with Gasteiger partial charge in [0.05, 0.1) is 15.5 Å². The van der Waals surface area contributed by atoms with Crippen molar-refractivity contribution >= 4 is 32.3 Å². The summed E-state index contributed by atoms with van der Waals surface area (Å²) >= 11 is 0. The van der Waals surface area contributed by atoms with Gasteiger partial charge in [-0.15, -0.1) is 12.4 Å². The fourth-order valence-electron chi connectivity index (χ4n) is 2.10. The van der Waals surface area contributed by atoms with Gasteiger partial charge >= 0.3 is 0 Å². The van der Waals surface area contributed by atoms with E-state index < -0.39 is 19.9 Å². The van der Waals surface area contributed by atoms with E-state index in [2.05, 4.69) is 10.0 Å². The van der Waals surface area contributed by atoms with E-state index in [9.17, 15) is 16.8 Å². The molecule has 0 amide bonds. The average molecular weight is 381 g/mol. The van der Waals surface area contributed by atoms with Gasteiger partial charge in [0, 0.05) is 13.1 Å². The molecule has 2 rings (SSSR count). The molecule has 0 aliphatic carbocycles. The van der Waals surface area contributed by atoms with Crippen molar-refractivity contribution in [3.63, 3.8) is 0 Å². The Morgan fingerprint density at radius 3 is 2.48 bits per heavy atom. The fourth-order valence-corrected chi connectivity index (χ4v) is 4.18. The summed E-state index contributed by atoms with van der Waals surface area (Å²) in [5, 5.41) is 3.15. The van der Waals surface area contributed by atoms with Crippen LogP contribution in [0.25, 0.3) is 0 Å². The molecule has 1 aromatic carbocycles. The van der Waals surface area contributed by atoms with E-state index in [1.54, 1.807) is 0 Å². The van der Waals surface area contributed by atoms with Crippen molar-refractivity contribution in [2.24, 2.45) is 0 Å². The molecule has 2 N–H and O–H groups in total. The number of sulfonamides is 1. The minimum absolute atomic E-state index is 0. The molecule has 0 aromatic heterocycles. The van der Waals surface area contributed by atoms with E-state index in [0.29, 0.717) is 0 Å². The van der Waals surface area contributed by atoms with Gasteiger partial charge in [-0.25, -0.2) is 21.6 Å². The molecular formula is C14H21ClN2O4S2. The molecule has 6 nitrogen and oxygen atoms in total. The van der Waals surface area contributed by atoms with Crippen LogP contribution in [0.15, 0.2) is 45.7 Å². The van der Waals surface area contributed by atoms with E-state index >= 15 is 0 Å². The normalized spacial score (nSPS) is 15.6. The number of sulfone groups is 1. The summed E-state index contributed by atoms with van der Waals surface area (Å²) in [6.45, 7) is 3.34. The molecule has 0 saturated heterocycles. The molecule has 0 bridgehead atoms.